The molecule has 484 valence electrons. The van der Waals surface area contributed by atoms with Crippen molar-refractivity contribution in [1.29, 1.82) is 0 Å². The van der Waals surface area contributed by atoms with Gasteiger partial charge in [-0.15, -0.1) is 6.42 Å². The molecule has 7 atom stereocenters. The standard InChI is InChI=1S/C68H79F4N9O10/c1-10-48-51(69)24-21-42-30-47(90-38-87-9)32-49(56(42)48)59-58(72)60-50(33-73-59)62(79-34-43-22-23-44(35-79)81(43)66(86)91-68(6,7)8)77-65(76-60)89-37-45-14-12-26-78(45)27-13-28-88-29-25-55(83)75-61(67(3,4)5)64(85)80-36-46(82)31-54(80)63(84)74-39(2)40-17-19-41(20-18-40)57-52(70)15-11-16-53(57)71/h1,11,15-21,24,30,32-33,39,43-46,54,61,82H,12-14,22-23,25-29,31,34-38H2,2-9H3,(H,74,84)(H,75,83)/t39-,43?,44?,45-,46+,54-,61+/m0/s1. The molecule has 4 aliphatic rings. The molecule has 0 spiro atoms. The number of hydrogen-bond acceptors (Lipinski definition) is 15. The first kappa shape index (κ1) is 65.8. The van der Waals surface area contributed by atoms with Crippen molar-refractivity contribution in [3.63, 3.8) is 0 Å². The normalized spacial score (nSPS) is 20.0. The highest BCUT2D eigenvalue weighted by atomic mass is 19.1. The Morgan fingerprint density at radius 3 is 2.27 bits per heavy atom. The third-order valence-electron chi connectivity index (χ3n) is 17.2. The molecular formula is C68H79F4N9O10. The zero-order chi connectivity index (χ0) is 65.1. The molecule has 91 heavy (non-hydrogen) atoms. The zero-order valence-electron chi connectivity index (χ0n) is 52.6. The second-order valence-corrected chi connectivity index (χ2v) is 25.9. The second-order valence-electron chi connectivity index (χ2n) is 25.9. The minimum absolute atomic E-state index is 0.0118. The lowest BCUT2D eigenvalue weighted by Gasteiger charge is -2.42. The van der Waals surface area contributed by atoms with E-state index in [0.717, 1.165) is 32.2 Å². The number of rotatable bonds is 21. The number of β-amino-alcohol motifs (C(OH)–C–C–N with tert-alkyl or cyclic N) is 1. The Bertz CT molecular complexity index is 3690. The summed E-state index contributed by atoms with van der Waals surface area (Å²) < 4.78 is 91.2. The van der Waals surface area contributed by atoms with Gasteiger partial charge in [0, 0.05) is 75.9 Å². The number of aliphatic hydroxyl groups is 1. The van der Waals surface area contributed by atoms with Gasteiger partial charge in [0.05, 0.1) is 47.3 Å². The van der Waals surface area contributed by atoms with Crippen LogP contribution >= 0.6 is 0 Å². The fourth-order valence-electron chi connectivity index (χ4n) is 12.8. The number of piperazine rings is 1. The second kappa shape index (κ2) is 27.7. The SMILES string of the molecule is C#Cc1c(F)ccc2cc(OCOC)cc(-c3ncc4c(N5CC6CCC(C5)N6C(=O)OC(C)(C)C)nc(OC[C@@H]5CCCN5CCCOCCC(=O)N[C@H](C(=O)N5C[C@H](O)C[C@H]5C(=O)N[C@@H](C)c5ccc(-c6c(F)cccc6F)cc5)C(C)(C)C)nc4c3F)c12. The highest BCUT2D eigenvalue weighted by molar-refractivity contribution is 6.03. The van der Waals surface area contributed by atoms with E-state index in [1.165, 1.54) is 54.6 Å². The maximum Gasteiger partial charge on any atom is 0.410 e. The predicted octanol–water partition coefficient (Wildman–Crippen LogP) is 9.63. The molecule has 2 unspecified atom stereocenters. The van der Waals surface area contributed by atoms with Gasteiger partial charge >= 0.3 is 12.1 Å². The maximum atomic E-state index is 17.7. The van der Waals surface area contributed by atoms with E-state index >= 15 is 8.78 Å². The molecule has 0 radical (unpaired) electrons. The smallest absolute Gasteiger partial charge is 0.410 e. The molecule has 4 aliphatic heterocycles. The average molecular weight is 1260 g/mol. The number of methoxy groups -OCH3 is 1. The summed E-state index contributed by atoms with van der Waals surface area (Å²) in [5.74, 6) is -1.21. The summed E-state index contributed by atoms with van der Waals surface area (Å²) in [5.41, 5.74) is -0.802. The monoisotopic (exact) mass is 1260 g/mol. The van der Waals surface area contributed by atoms with Gasteiger partial charge in [0.2, 0.25) is 17.7 Å². The minimum Gasteiger partial charge on any atom is -0.468 e. The lowest BCUT2D eigenvalue weighted by Crippen LogP contribution is -2.58. The number of halogens is 4. The molecule has 19 nitrogen and oxygen atoms in total. The first-order chi connectivity index (χ1) is 43.4. The van der Waals surface area contributed by atoms with Crippen molar-refractivity contribution < 1.29 is 65.5 Å². The maximum absolute atomic E-state index is 17.7. The number of carbonyl (C=O) groups is 4. The summed E-state index contributed by atoms with van der Waals surface area (Å²) in [6.07, 6.45) is 9.71. The molecule has 3 N–H and O–H groups in total. The van der Waals surface area contributed by atoms with E-state index in [1.807, 2.05) is 25.7 Å². The summed E-state index contributed by atoms with van der Waals surface area (Å²) in [6.45, 7) is 15.1. The zero-order valence-corrected chi connectivity index (χ0v) is 52.6. The lowest BCUT2D eigenvalue weighted by atomic mass is 9.85. The average Bonchev–Trinajstić information content (AvgIpc) is 1.48. The van der Waals surface area contributed by atoms with E-state index in [-0.39, 0.29) is 96.8 Å². The van der Waals surface area contributed by atoms with Gasteiger partial charge in [0.25, 0.3) is 0 Å². The Morgan fingerprint density at radius 2 is 1.59 bits per heavy atom. The number of fused-ring (bicyclic) bond motifs is 4. The van der Waals surface area contributed by atoms with Crippen molar-refractivity contribution in [2.45, 2.75) is 141 Å². The van der Waals surface area contributed by atoms with Gasteiger partial charge in [-0.05, 0) is 119 Å². The lowest BCUT2D eigenvalue weighted by molar-refractivity contribution is -0.144. The van der Waals surface area contributed by atoms with E-state index in [1.54, 1.807) is 62.9 Å². The summed E-state index contributed by atoms with van der Waals surface area (Å²) in [6, 6.07) is 12.9. The van der Waals surface area contributed by atoms with Crippen LogP contribution in [0.5, 0.6) is 11.8 Å². The number of nitrogens with one attached hydrogen (secondary N) is 2. The molecule has 4 fully saturated rings. The van der Waals surface area contributed by atoms with Crippen LogP contribution in [0, 0.1) is 41.0 Å². The van der Waals surface area contributed by atoms with Crippen molar-refractivity contribution in [1.82, 2.24) is 40.3 Å². The summed E-state index contributed by atoms with van der Waals surface area (Å²) in [5, 5.41) is 17.6. The number of likely N-dealkylation sites (tertiary alicyclic amines) is 2. The number of aromatic nitrogens is 3. The number of pyridine rings is 1. The van der Waals surface area contributed by atoms with Crippen LogP contribution in [-0.2, 0) is 28.6 Å². The van der Waals surface area contributed by atoms with Crippen molar-refractivity contribution in [2.75, 3.05) is 71.3 Å². The number of anilines is 1. The number of nitrogens with zero attached hydrogens (tertiary/aromatic N) is 7. The van der Waals surface area contributed by atoms with Crippen LogP contribution in [0.25, 0.3) is 44.1 Å². The van der Waals surface area contributed by atoms with Crippen LogP contribution in [0.2, 0.25) is 0 Å². The quantitative estimate of drug-likeness (QED) is 0.0265. The Labute approximate surface area is 527 Å². The van der Waals surface area contributed by atoms with E-state index in [9.17, 15) is 33.1 Å². The summed E-state index contributed by atoms with van der Waals surface area (Å²) >= 11 is 0. The molecule has 10 rings (SSSR count). The van der Waals surface area contributed by atoms with Crippen LogP contribution in [-0.4, -0.2) is 167 Å². The molecule has 6 aromatic rings. The van der Waals surface area contributed by atoms with Crippen LogP contribution < -0.4 is 25.0 Å². The number of terminal acetylenes is 1. The van der Waals surface area contributed by atoms with Gasteiger partial charge in [-0.2, -0.15) is 9.97 Å². The highest BCUT2D eigenvalue weighted by Gasteiger charge is 2.47. The molecule has 4 aromatic carbocycles. The first-order valence-corrected chi connectivity index (χ1v) is 31.0. The van der Waals surface area contributed by atoms with Crippen LogP contribution in [0.15, 0.2) is 72.9 Å². The number of benzene rings is 4. The summed E-state index contributed by atoms with van der Waals surface area (Å²) in [4.78, 5) is 76.8. The molecule has 0 saturated carbocycles. The molecular weight excluding hydrogens is 1180 g/mol. The third-order valence-corrected chi connectivity index (χ3v) is 17.2. The van der Waals surface area contributed by atoms with E-state index in [0.29, 0.717) is 66.1 Å². The van der Waals surface area contributed by atoms with Crippen molar-refractivity contribution in [3.05, 3.63) is 107 Å². The van der Waals surface area contributed by atoms with Gasteiger partial charge in [-0.3, -0.25) is 29.2 Å². The number of amides is 4. The molecule has 0 aliphatic carbocycles. The Kier molecular flexibility index (Phi) is 20.0. The van der Waals surface area contributed by atoms with Crippen molar-refractivity contribution in [2.24, 2.45) is 5.41 Å². The number of aliphatic hydroxyl groups excluding tert-OH is 1. The fourth-order valence-corrected chi connectivity index (χ4v) is 12.8. The number of carbonyl (C=O) groups excluding carboxylic acids is 4. The van der Waals surface area contributed by atoms with Crippen LogP contribution in [0.4, 0.5) is 28.2 Å². The Balaban J connectivity index is 0.770. The molecule has 4 saturated heterocycles. The Morgan fingerprint density at radius 1 is 0.868 bits per heavy atom. The highest BCUT2D eigenvalue weighted by Crippen LogP contribution is 2.41. The van der Waals surface area contributed by atoms with E-state index < -0.39 is 82.3 Å². The van der Waals surface area contributed by atoms with Crippen LogP contribution in [0.3, 0.4) is 0 Å². The van der Waals surface area contributed by atoms with Gasteiger partial charge < -0.3 is 49.2 Å². The van der Waals surface area contributed by atoms with Gasteiger partial charge in [0.15, 0.2) is 12.6 Å². The Hall–Kier alpha value is -8.17. The van der Waals surface area contributed by atoms with Crippen LogP contribution in [0.1, 0.15) is 111 Å². The summed E-state index contributed by atoms with van der Waals surface area (Å²) in [7, 11) is 1.47. The van der Waals surface area contributed by atoms with Crippen molar-refractivity contribution >= 4 is 51.3 Å². The number of hydrogen-bond donors (Lipinski definition) is 3. The van der Waals surface area contributed by atoms with Gasteiger partial charge in [-0.1, -0.05) is 63.1 Å². The molecule has 4 amide bonds. The molecule has 23 heteroatoms. The van der Waals surface area contributed by atoms with Gasteiger partial charge in [-0.25, -0.2) is 22.4 Å². The minimum atomic E-state index is -1.05. The molecule has 2 aromatic heterocycles. The van der Waals surface area contributed by atoms with E-state index in [4.69, 9.17) is 40.1 Å². The van der Waals surface area contributed by atoms with Gasteiger partial charge in [0.1, 0.15) is 64.5 Å². The third kappa shape index (κ3) is 14.8. The van der Waals surface area contributed by atoms with E-state index in [2.05, 4.69) is 26.4 Å². The largest absolute Gasteiger partial charge is 0.468 e. The fraction of sp³-hybridized carbons (Fsp3) is 0.485. The predicted molar refractivity (Wildman–Crippen MR) is 334 cm³/mol. The number of ether oxygens (including phenoxy) is 5. The first-order valence-electron chi connectivity index (χ1n) is 31.0. The van der Waals surface area contributed by atoms with Crippen molar-refractivity contribution in [3.8, 4) is 46.5 Å². The molecule has 6 heterocycles. The topological polar surface area (TPSA) is 210 Å². The molecule has 2 bridgehead atoms.